The molecule has 1 aromatic heterocycles. The van der Waals surface area contributed by atoms with Gasteiger partial charge in [-0.2, -0.15) is 5.10 Å². The largest absolute Gasteiger partial charge is 0.375 e. The zero-order valence-corrected chi connectivity index (χ0v) is 17.3. The van der Waals surface area contributed by atoms with Crippen LogP contribution in [0.4, 0.5) is 5.69 Å². The fourth-order valence-electron chi connectivity index (χ4n) is 4.34. The lowest BCUT2D eigenvalue weighted by atomic mass is 9.98. The molecule has 2 aromatic carbocycles. The minimum Gasteiger partial charge on any atom is -0.375 e. The van der Waals surface area contributed by atoms with Crippen molar-refractivity contribution in [2.24, 2.45) is 7.05 Å². The third-order valence-corrected chi connectivity index (χ3v) is 6.99. The zero-order chi connectivity index (χ0) is 19.1. The quantitative estimate of drug-likeness (QED) is 0.677. The van der Waals surface area contributed by atoms with Gasteiger partial charge < -0.3 is 5.32 Å². The van der Waals surface area contributed by atoms with Gasteiger partial charge in [0.05, 0.1) is 12.1 Å². The molecule has 0 unspecified atom stereocenters. The van der Waals surface area contributed by atoms with Crippen LogP contribution < -0.4 is 5.32 Å². The van der Waals surface area contributed by atoms with Crippen molar-refractivity contribution in [3.8, 4) is 11.1 Å². The molecule has 144 valence electrons. The molecule has 0 aliphatic carbocycles. The van der Waals surface area contributed by atoms with Crippen molar-refractivity contribution >= 4 is 17.4 Å². The van der Waals surface area contributed by atoms with Gasteiger partial charge in [0.25, 0.3) is 0 Å². The first-order valence-electron chi connectivity index (χ1n) is 10.0. The minimum atomic E-state index is 0.418. The molecule has 0 saturated heterocycles. The Hall–Kier alpha value is -2.24. The van der Waals surface area contributed by atoms with E-state index in [4.69, 9.17) is 0 Å². The van der Waals surface area contributed by atoms with Crippen LogP contribution in [-0.4, -0.2) is 27.1 Å². The van der Waals surface area contributed by atoms with Crippen LogP contribution in [-0.2, 0) is 20.0 Å². The predicted molar refractivity (Wildman–Crippen MR) is 117 cm³/mol. The molecule has 1 N–H and O–H groups in total. The molecule has 5 heteroatoms. The molecule has 0 bridgehead atoms. The fourth-order valence-corrected chi connectivity index (χ4v) is 5.17. The van der Waals surface area contributed by atoms with Crippen LogP contribution in [0.1, 0.15) is 36.1 Å². The molecular weight excluding hydrogens is 364 g/mol. The van der Waals surface area contributed by atoms with E-state index in [1.807, 2.05) is 29.7 Å². The van der Waals surface area contributed by atoms with E-state index in [2.05, 4.69) is 64.8 Å². The first-order chi connectivity index (χ1) is 13.7. The first-order valence-corrected chi connectivity index (χ1v) is 11.0. The molecule has 0 fully saturated rings. The van der Waals surface area contributed by atoms with Crippen molar-refractivity contribution in [3.63, 3.8) is 0 Å². The Kier molecular flexibility index (Phi) is 4.65. The summed E-state index contributed by atoms with van der Waals surface area (Å²) in [7, 11) is 1.97. The molecule has 0 saturated carbocycles. The maximum atomic E-state index is 4.32. The number of fused-ring (bicyclic) bond motifs is 2. The summed E-state index contributed by atoms with van der Waals surface area (Å²) in [4.78, 5) is 4.00. The summed E-state index contributed by atoms with van der Waals surface area (Å²) in [6, 6.07) is 14.3. The average Bonchev–Trinajstić information content (AvgIpc) is 3.30. The Balaban J connectivity index is 1.39. The number of nitrogens with one attached hydrogen (secondary N) is 1. The lowest BCUT2D eigenvalue weighted by Gasteiger charge is -2.28. The second kappa shape index (κ2) is 7.30. The van der Waals surface area contributed by atoms with E-state index in [0.717, 1.165) is 25.4 Å². The summed E-state index contributed by atoms with van der Waals surface area (Å²) < 4.78 is 1.87. The van der Waals surface area contributed by atoms with Gasteiger partial charge in [-0.1, -0.05) is 24.3 Å². The van der Waals surface area contributed by atoms with Crippen molar-refractivity contribution in [1.29, 1.82) is 0 Å². The lowest BCUT2D eigenvalue weighted by Crippen LogP contribution is -2.26. The Morgan fingerprint density at radius 2 is 2.04 bits per heavy atom. The number of aryl methyl sites for hydroxylation is 2. The van der Waals surface area contributed by atoms with Crippen LogP contribution in [0.2, 0.25) is 0 Å². The molecule has 3 heterocycles. The molecule has 28 heavy (non-hydrogen) atoms. The Morgan fingerprint density at radius 1 is 1.11 bits per heavy atom. The van der Waals surface area contributed by atoms with Crippen LogP contribution in [0.15, 0.2) is 53.7 Å². The highest BCUT2D eigenvalue weighted by atomic mass is 32.2. The molecular formula is C23H26N4S. The van der Waals surface area contributed by atoms with Crippen LogP contribution in [0.25, 0.3) is 11.1 Å². The number of benzene rings is 2. The third-order valence-electron chi connectivity index (χ3n) is 6.03. The first kappa shape index (κ1) is 17.8. The van der Waals surface area contributed by atoms with E-state index in [9.17, 15) is 0 Å². The molecule has 0 radical (unpaired) electrons. The normalized spacial score (nSPS) is 17.5. The molecule has 0 spiro atoms. The van der Waals surface area contributed by atoms with Gasteiger partial charge in [-0.15, -0.1) is 11.8 Å². The minimum absolute atomic E-state index is 0.418. The maximum Gasteiger partial charge on any atom is 0.0658 e. The summed E-state index contributed by atoms with van der Waals surface area (Å²) in [5.41, 5.74) is 8.13. The van der Waals surface area contributed by atoms with E-state index in [1.165, 1.54) is 44.8 Å². The van der Waals surface area contributed by atoms with E-state index in [-0.39, 0.29) is 0 Å². The van der Waals surface area contributed by atoms with E-state index < -0.39 is 0 Å². The molecule has 1 atom stereocenters. The highest BCUT2D eigenvalue weighted by Gasteiger charge is 2.22. The number of anilines is 1. The van der Waals surface area contributed by atoms with Gasteiger partial charge in [0.2, 0.25) is 0 Å². The predicted octanol–water partition coefficient (Wildman–Crippen LogP) is 5.07. The maximum absolute atomic E-state index is 4.32. The van der Waals surface area contributed by atoms with Crippen LogP contribution >= 0.6 is 11.8 Å². The molecule has 2 aliphatic heterocycles. The highest BCUT2D eigenvalue weighted by molar-refractivity contribution is 7.99. The summed E-state index contributed by atoms with van der Waals surface area (Å²) in [5.74, 6) is 0.990. The topological polar surface area (TPSA) is 33.1 Å². The van der Waals surface area contributed by atoms with Gasteiger partial charge in [0.1, 0.15) is 0 Å². The smallest absolute Gasteiger partial charge is 0.0658 e. The van der Waals surface area contributed by atoms with Crippen molar-refractivity contribution in [1.82, 2.24) is 14.7 Å². The van der Waals surface area contributed by atoms with E-state index in [0.29, 0.717) is 6.04 Å². The second-order valence-electron chi connectivity index (χ2n) is 7.86. The van der Waals surface area contributed by atoms with Gasteiger partial charge in [0, 0.05) is 42.0 Å². The van der Waals surface area contributed by atoms with Crippen LogP contribution in [0.3, 0.4) is 0 Å². The van der Waals surface area contributed by atoms with E-state index >= 15 is 0 Å². The van der Waals surface area contributed by atoms with Crippen molar-refractivity contribution in [3.05, 3.63) is 65.5 Å². The van der Waals surface area contributed by atoms with Crippen molar-refractivity contribution in [2.75, 3.05) is 17.7 Å². The zero-order valence-electron chi connectivity index (χ0n) is 16.5. The summed E-state index contributed by atoms with van der Waals surface area (Å²) in [6.07, 6.45) is 6.39. The number of nitrogens with zero attached hydrogens (tertiary/aromatic N) is 3. The van der Waals surface area contributed by atoms with Crippen LogP contribution in [0.5, 0.6) is 0 Å². The SMILES string of the molecule is C[C@H](c1ccc2c(c1)NCS2)N1CCCc2cc(-c3cnn(C)c3)ccc2C1. The van der Waals surface area contributed by atoms with Gasteiger partial charge in [0.15, 0.2) is 0 Å². The number of hydrogen-bond acceptors (Lipinski definition) is 4. The van der Waals surface area contributed by atoms with E-state index in [1.54, 1.807) is 0 Å². The Labute approximate surface area is 170 Å². The lowest BCUT2D eigenvalue weighted by molar-refractivity contribution is 0.205. The van der Waals surface area contributed by atoms with Gasteiger partial charge in [-0.3, -0.25) is 9.58 Å². The van der Waals surface area contributed by atoms with Crippen LogP contribution in [0, 0.1) is 0 Å². The average molecular weight is 391 g/mol. The summed E-state index contributed by atoms with van der Waals surface area (Å²) in [6.45, 7) is 4.50. The molecule has 4 nitrogen and oxygen atoms in total. The molecule has 2 aliphatic rings. The number of aromatic nitrogens is 2. The Morgan fingerprint density at radius 3 is 2.89 bits per heavy atom. The molecule has 0 amide bonds. The van der Waals surface area contributed by atoms with Gasteiger partial charge in [-0.05, 0) is 60.7 Å². The Bertz CT molecular complexity index is 1010. The third kappa shape index (κ3) is 3.33. The monoisotopic (exact) mass is 390 g/mol. The molecule has 3 aromatic rings. The fraction of sp³-hybridized carbons (Fsp3) is 0.348. The van der Waals surface area contributed by atoms with Gasteiger partial charge >= 0.3 is 0 Å². The summed E-state index contributed by atoms with van der Waals surface area (Å²) in [5, 5.41) is 7.81. The van der Waals surface area contributed by atoms with Crippen molar-refractivity contribution in [2.45, 2.75) is 37.2 Å². The summed E-state index contributed by atoms with van der Waals surface area (Å²) >= 11 is 1.89. The van der Waals surface area contributed by atoms with Crippen molar-refractivity contribution < 1.29 is 0 Å². The highest BCUT2D eigenvalue weighted by Crippen LogP contribution is 2.37. The van der Waals surface area contributed by atoms with Gasteiger partial charge in [-0.25, -0.2) is 0 Å². The number of rotatable bonds is 3. The molecule has 5 rings (SSSR count). The number of hydrogen-bond donors (Lipinski definition) is 1. The standard InChI is InChI=1S/C23H26N4S/c1-16(17-7-8-23-22(11-17)24-15-28-23)27-9-3-4-18-10-19(5-6-20(18)14-27)21-12-25-26(2)13-21/h5-8,10-13,16,24H,3-4,9,14-15H2,1-2H3/t16-/m1/s1. The second-order valence-corrected chi connectivity index (χ2v) is 8.87. The number of thioether (sulfide) groups is 1.